The molecular formula is C24H25BrN4O8. The number of carbonyl (C=O) groups is 3. The molecule has 4 N–H and O–H groups in total. The van der Waals surface area contributed by atoms with Gasteiger partial charge in [0.25, 0.3) is 5.91 Å². The van der Waals surface area contributed by atoms with Crippen molar-refractivity contribution >= 4 is 40.1 Å². The number of benzene rings is 2. The Labute approximate surface area is 220 Å². The summed E-state index contributed by atoms with van der Waals surface area (Å²) in [5.41, 5.74) is 4.00. The quantitative estimate of drug-likeness (QED) is 0.201. The van der Waals surface area contributed by atoms with Gasteiger partial charge in [0.2, 0.25) is 0 Å². The molecule has 37 heavy (non-hydrogen) atoms. The molecule has 0 unspecified atom stereocenters. The number of rotatable bonds is 9. The zero-order valence-corrected chi connectivity index (χ0v) is 22.0. The molecule has 0 bridgehead atoms. The van der Waals surface area contributed by atoms with E-state index in [9.17, 15) is 19.5 Å². The molecule has 1 aliphatic rings. The number of carbonyl (C=O) groups excluding carboxylic acids is 3. The number of ether oxygens (including phenoxy) is 4. The molecule has 3 amide bonds. The number of hydrazone groups is 1. The third kappa shape index (κ3) is 6.50. The maximum absolute atomic E-state index is 12.3. The average Bonchev–Trinajstić information content (AvgIpc) is 2.88. The summed E-state index contributed by atoms with van der Waals surface area (Å²) in [5, 5.41) is 19.0. The number of aromatic hydroxyl groups is 1. The number of hydrogen-bond acceptors (Lipinski definition) is 9. The lowest BCUT2D eigenvalue weighted by molar-refractivity contribution is -0.136. The molecule has 1 aliphatic heterocycles. The van der Waals surface area contributed by atoms with Crippen LogP contribution in [0.3, 0.4) is 0 Å². The molecule has 0 saturated heterocycles. The summed E-state index contributed by atoms with van der Waals surface area (Å²) in [5.74, 6) is -0.394. The highest BCUT2D eigenvalue weighted by atomic mass is 79.9. The Bertz CT molecular complexity index is 1280. The number of nitrogens with zero attached hydrogens (tertiary/aromatic N) is 1. The molecule has 13 heteroatoms. The van der Waals surface area contributed by atoms with Gasteiger partial charge in [-0.2, -0.15) is 5.10 Å². The van der Waals surface area contributed by atoms with E-state index in [0.29, 0.717) is 21.3 Å². The van der Waals surface area contributed by atoms with E-state index in [1.165, 1.54) is 33.6 Å². The maximum atomic E-state index is 12.3. The zero-order chi connectivity index (χ0) is 27.1. The number of esters is 1. The molecule has 2 aromatic rings. The zero-order valence-electron chi connectivity index (χ0n) is 20.4. The SMILES string of the molecule is COC(=O)C1=C(C)NC(=O)N[C@@H]1c1ccc(OCC(=O)N/N=C\c2cc(O)c(OC)cc2Br)c(OC)c1. The number of nitrogens with one attached hydrogen (secondary N) is 3. The summed E-state index contributed by atoms with van der Waals surface area (Å²) in [7, 11) is 4.10. The van der Waals surface area contributed by atoms with Gasteiger partial charge in [0.1, 0.15) is 0 Å². The van der Waals surface area contributed by atoms with Crippen molar-refractivity contribution in [3.05, 3.63) is 57.2 Å². The third-order valence-electron chi connectivity index (χ3n) is 5.25. The van der Waals surface area contributed by atoms with Gasteiger partial charge < -0.3 is 34.7 Å². The summed E-state index contributed by atoms with van der Waals surface area (Å²) in [6, 6.07) is 6.52. The molecule has 0 spiro atoms. The summed E-state index contributed by atoms with van der Waals surface area (Å²) in [6.45, 7) is 1.22. The number of hydrogen-bond donors (Lipinski definition) is 4. The minimum Gasteiger partial charge on any atom is -0.504 e. The topological polar surface area (TPSA) is 157 Å². The van der Waals surface area contributed by atoms with Gasteiger partial charge in [0, 0.05) is 15.7 Å². The second kappa shape index (κ2) is 12.1. The standard InChI is InChI=1S/C24H25BrN4O8/c1-12-21(23(32)36-4)22(28-24(33)27-12)13-5-6-17(19(8-13)35-3)37-11-20(31)29-26-10-14-7-16(30)18(34-2)9-15(14)25/h5-10,22,30H,11H2,1-4H3,(H,29,31)(H2,27,28,33)/b26-10-/t22-/m1/s1. The Balaban J connectivity index is 1.68. The van der Waals surface area contributed by atoms with E-state index in [-0.39, 0.29) is 35.2 Å². The fourth-order valence-corrected chi connectivity index (χ4v) is 3.90. The molecule has 0 aliphatic carbocycles. The van der Waals surface area contributed by atoms with Crippen molar-refractivity contribution in [3.63, 3.8) is 0 Å². The van der Waals surface area contributed by atoms with Crippen LogP contribution in [0.4, 0.5) is 4.79 Å². The third-order valence-corrected chi connectivity index (χ3v) is 5.93. The van der Waals surface area contributed by atoms with E-state index in [1.54, 1.807) is 31.2 Å². The highest BCUT2D eigenvalue weighted by Crippen LogP contribution is 2.35. The summed E-state index contributed by atoms with van der Waals surface area (Å²) in [4.78, 5) is 36.5. The molecule has 2 aromatic carbocycles. The molecular weight excluding hydrogens is 552 g/mol. The lowest BCUT2D eigenvalue weighted by Gasteiger charge is -2.28. The van der Waals surface area contributed by atoms with Crippen molar-refractivity contribution in [2.24, 2.45) is 5.10 Å². The van der Waals surface area contributed by atoms with E-state index in [0.717, 1.165) is 0 Å². The van der Waals surface area contributed by atoms with Gasteiger partial charge in [-0.05, 0) is 52.7 Å². The Hall–Kier alpha value is -4.26. The monoisotopic (exact) mass is 576 g/mol. The Kier molecular flexibility index (Phi) is 8.95. The van der Waals surface area contributed by atoms with Gasteiger partial charge in [-0.25, -0.2) is 15.0 Å². The summed E-state index contributed by atoms with van der Waals surface area (Å²) < 4.78 is 21.4. The van der Waals surface area contributed by atoms with Crippen LogP contribution in [0.1, 0.15) is 24.1 Å². The number of phenolic OH excluding ortho intramolecular Hbond substituents is 1. The molecule has 3 rings (SSSR count). The normalized spacial score (nSPS) is 15.1. The van der Waals surface area contributed by atoms with Crippen molar-refractivity contribution in [1.82, 2.24) is 16.1 Å². The molecule has 12 nitrogen and oxygen atoms in total. The average molecular weight is 577 g/mol. The van der Waals surface area contributed by atoms with Crippen LogP contribution in [0.15, 0.2) is 51.2 Å². The molecule has 0 radical (unpaired) electrons. The predicted octanol–water partition coefficient (Wildman–Crippen LogP) is 2.50. The van der Waals surface area contributed by atoms with E-state index < -0.39 is 23.9 Å². The number of halogens is 1. The minimum atomic E-state index is -0.779. The van der Waals surface area contributed by atoms with Gasteiger partial charge in [0.15, 0.2) is 29.6 Å². The number of methoxy groups -OCH3 is 3. The van der Waals surface area contributed by atoms with E-state index in [2.05, 4.69) is 37.1 Å². The first-order chi connectivity index (χ1) is 17.7. The van der Waals surface area contributed by atoms with Crippen LogP contribution < -0.4 is 30.3 Å². The Morgan fingerprint density at radius 1 is 1.14 bits per heavy atom. The van der Waals surface area contributed by atoms with Crippen LogP contribution >= 0.6 is 15.9 Å². The largest absolute Gasteiger partial charge is 0.504 e. The Morgan fingerprint density at radius 3 is 2.54 bits per heavy atom. The minimum absolute atomic E-state index is 0.0780. The Morgan fingerprint density at radius 2 is 1.86 bits per heavy atom. The summed E-state index contributed by atoms with van der Waals surface area (Å²) >= 11 is 3.33. The van der Waals surface area contributed by atoms with Crippen LogP contribution in [-0.2, 0) is 14.3 Å². The lowest BCUT2D eigenvalue weighted by atomic mass is 9.95. The number of amides is 3. The second-order valence-electron chi connectivity index (χ2n) is 7.60. The molecule has 0 fully saturated rings. The molecule has 0 saturated carbocycles. The van der Waals surface area contributed by atoms with Crippen LogP contribution in [-0.4, -0.2) is 57.2 Å². The first kappa shape index (κ1) is 27.3. The first-order valence-corrected chi connectivity index (χ1v) is 11.5. The van der Waals surface area contributed by atoms with Gasteiger partial charge in [0.05, 0.1) is 39.2 Å². The fraction of sp³-hybridized carbons (Fsp3) is 0.250. The lowest BCUT2D eigenvalue weighted by Crippen LogP contribution is -2.45. The van der Waals surface area contributed by atoms with Gasteiger partial charge >= 0.3 is 12.0 Å². The van der Waals surface area contributed by atoms with Crippen LogP contribution in [0.2, 0.25) is 0 Å². The van der Waals surface area contributed by atoms with E-state index in [4.69, 9.17) is 18.9 Å². The van der Waals surface area contributed by atoms with Crippen molar-refractivity contribution in [3.8, 4) is 23.0 Å². The van der Waals surface area contributed by atoms with Crippen molar-refractivity contribution in [2.45, 2.75) is 13.0 Å². The fourth-order valence-electron chi connectivity index (χ4n) is 3.48. The van der Waals surface area contributed by atoms with Crippen LogP contribution in [0, 0.1) is 0 Å². The maximum Gasteiger partial charge on any atom is 0.337 e. The van der Waals surface area contributed by atoms with Crippen molar-refractivity contribution < 1.29 is 38.4 Å². The van der Waals surface area contributed by atoms with Crippen LogP contribution in [0.25, 0.3) is 0 Å². The van der Waals surface area contributed by atoms with E-state index in [1.807, 2.05) is 0 Å². The van der Waals surface area contributed by atoms with Crippen molar-refractivity contribution in [2.75, 3.05) is 27.9 Å². The second-order valence-corrected chi connectivity index (χ2v) is 8.45. The van der Waals surface area contributed by atoms with Gasteiger partial charge in [-0.1, -0.05) is 6.07 Å². The highest BCUT2D eigenvalue weighted by Gasteiger charge is 2.32. The smallest absolute Gasteiger partial charge is 0.337 e. The molecule has 0 aromatic heterocycles. The summed E-state index contributed by atoms with van der Waals surface area (Å²) in [6.07, 6.45) is 1.35. The van der Waals surface area contributed by atoms with Crippen molar-refractivity contribution in [1.29, 1.82) is 0 Å². The van der Waals surface area contributed by atoms with Gasteiger partial charge in [-0.15, -0.1) is 0 Å². The highest BCUT2D eigenvalue weighted by molar-refractivity contribution is 9.10. The van der Waals surface area contributed by atoms with Crippen LogP contribution in [0.5, 0.6) is 23.0 Å². The van der Waals surface area contributed by atoms with E-state index >= 15 is 0 Å². The predicted molar refractivity (Wildman–Crippen MR) is 136 cm³/mol. The molecule has 196 valence electrons. The number of phenols is 1. The molecule has 1 heterocycles. The molecule has 1 atom stereocenters. The van der Waals surface area contributed by atoms with Gasteiger partial charge in [-0.3, -0.25) is 4.79 Å². The number of urea groups is 1. The number of allylic oxidation sites excluding steroid dienone is 1. The first-order valence-electron chi connectivity index (χ1n) is 10.7.